The Morgan fingerprint density at radius 1 is 0.938 bits per heavy atom. The van der Waals surface area contributed by atoms with Gasteiger partial charge < -0.3 is 9.47 Å². The van der Waals surface area contributed by atoms with Gasteiger partial charge in [-0.25, -0.2) is 0 Å². The first-order chi connectivity index (χ1) is 7.49. The van der Waals surface area contributed by atoms with E-state index in [0.29, 0.717) is 0 Å². The first kappa shape index (κ1) is 10.8. The summed E-state index contributed by atoms with van der Waals surface area (Å²) in [7, 11) is 0. The van der Waals surface area contributed by atoms with Crippen molar-refractivity contribution in [2.24, 2.45) is 17.8 Å². The van der Waals surface area contributed by atoms with Crippen LogP contribution in [0, 0.1) is 17.8 Å². The normalized spacial score (nSPS) is 34.9. The number of fused-ring (bicyclic) bond motifs is 1. The molecule has 2 unspecified atom stereocenters. The Bertz CT molecular complexity index is 385. The highest BCUT2D eigenvalue weighted by molar-refractivity contribution is 5.96. The van der Waals surface area contributed by atoms with Crippen molar-refractivity contribution >= 4 is 23.9 Å². The highest BCUT2D eigenvalue weighted by atomic mass is 16.6. The molecular formula is C10H10O6. The van der Waals surface area contributed by atoms with Crippen LogP contribution >= 0.6 is 0 Å². The van der Waals surface area contributed by atoms with Gasteiger partial charge in [0.15, 0.2) is 0 Å². The lowest BCUT2D eigenvalue weighted by Crippen LogP contribution is -2.42. The van der Waals surface area contributed by atoms with E-state index >= 15 is 0 Å². The van der Waals surface area contributed by atoms with Gasteiger partial charge in [-0.3, -0.25) is 19.2 Å². The van der Waals surface area contributed by atoms with Crippen LogP contribution in [0.2, 0.25) is 0 Å². The lowest BCUT2D eigenvalue weighted by Gasteiger charge is -2.30. The zero-order valence-electron chi connectivity index (χ0n) is 8.60. The summed E-state index contributed by atoms with van der Waals surface area (Å²) < 4.78 is 8.95. The fourth-order valence-corrected chi connectivity index (χ4v) is 2.10. The second-order valence-corrected chi connectivity index (χ2v) is 4.05. The van der Waals surface area contributed by atoms with Crippen LogP contribution in [0.15, 0.2) is 0 Å². The third kappa shape index (κ3) is 1.70. The summed E-state index contributed by atoms with van der Waals surface area (Å²) >= 11 is 0. The molecule has 16 heavy (non-hydrogen) atoms. The van der Waals surface area contributed by atoms with E-state index in [2.05, 4.69) is 9.47 Å². The predicted molar refractivity (Wildman–Crippen MR) is 47.6 cm³/mol. The third-order valence-electron chi connectivity index (χ3n) is 3.05. The summed E-state index contributed by atoms with van der Waals surface area (Å²) in [6.07, 6.45) is -0.300. The van der Waals surface area contributed by atoms with Crippen molar-refractivity contribution in [3.05, 3.63) is 0 Å². The molecule has 2 saturated heterocycles. The predicted octanol–water partition coefficient (Wildman–Crippen LogP) is -0.198. The van der Waals surface area contributed by atoms with Gasteiger partial charge in [-0.15, -0.1) is 0 Å². The minimum absolute atomic E-state index is 0.0988. The van der Waals surface area contributed by atoms with E-state index in [1.807, 2.05) is 0 Å². The highest BCUT2D eigenvalue weighted by Crippen LogP contribution is 2.35. The summed E-state index contributed by atoms with van der Waals surface area (Å²) in [5.41, 5.74) is 0. The standard InChI is InChI=1S/C10H10O6/c1-4-5-2-7(11)15-8(12)3-6(5)10(14)16-9(4)13/h4-6H,2-3H2,1H3/t4-,5?,6?/m1/s1. The zero-order chi connectivity index (χ0) is 11.9. The second kappa shape index (κ2) is 3.70. The van der Waals surface area contributed by atoms with E-state index < -0.39 is 41.6 Å². The van der Waals surface area contributed by atoms with Crippen LogP contribution < -0.4 is 0 Å². The molecule has 0 N–H and O–H groups in total. The number of hydrogen-bond acceptors (Lipinski definition) is 6. The summed E-state index contributed by atoms with van der Waals surface area (Å²) in [5.74, 6) is -4.61. The molecule has 0 amide bonds. The molecule has 3 atom stereocenters. The van der Waals surface area contributed by atoms with Crippen molar-refractivity contribution in [3.8, 4) is 0 Å². The lowest BCUT2D eigenvalue weighted by molar-refractivity contribution is -0.176. The minimum atomic E-state index is -0.744. The number of cyclic esters (lactones) is 4. The topological polar surface area (TPSA) is 86.7 Å². The average molecular weight is 226 g/mol. The maximum absolute atomic E-state index is 11.4. The largest absolute Gasteiger partial charge is 0.393 e. The molecule has 2 aliphatic rings. The van der Waals surface area contributed by atoms with E-state index in [9.17, 15) is 19.2 Å². The van der Waals surface area contributed by atoms with Gasteiger partial charge in [-0.05, 0) is 5.92 Å². The Kier molecular flexibility index (Phi) is 2.49. The molecule has 6 nitrogen and oxygen atoms in total. The van der Waals surface area contributed by atoms with Crippen molar-refractivity contribution in [2.45, 2.75) is 19.8 Å². The quantitative estimate of drug-likeness (QED) is 0.420. The Hall–Kier alpha value is -1.72. The van der Waals surface area contributed by atoms with Gasteiger partial charge in [-0.2, -0.15) is 0 Å². The van der Waals surface area contributed by atoms with Crippen molar-refractivity contribution < 1.29 is 28.7 Å². The fourth-order valence-electron chi connectivity index (χ4n) is 2.10. The number of carbonyl (C=O) groups excluding carboxylic acids is 4. The molecular weight excluding hydrogens is 216 g/mol. The Morgan fingerprint density at radius 3 is 2.25 bits per heavy atom. The maximum Gasteiger partial charge on any atom is 0.317 e. The van der Waals surface area contributed by atoms with Gasteiger partial charge in [0.1, 0.15) is 0 Å². The number of rotatable bonds is 0. The molecule has 86 valence electrons. The molecule has 0 saturated carbocycles. The molecule has 0 aromatic carbocycles. The molecule has 0 radical (unpaired) electrons. The van der Waals surface area contributed by atoms with Crippen molar-refractivity contribution in [3.63, 3.8) is 0 Å². The number of carbonyl (C=O) groups is 4. The molecule has 2 heterocycles. The van der Waals surface area contributed by atoms with Crippen LogP contribution in [0.1, 0.15) is 19.8 Å². The van der Waals surface area contributed by atoms with Crippen LogP contribution in [0.3, 0.4) is 0 Å². The van der Waals surface area contributed by atoms with Gasteiger partial charge >= 0.3 is 23.9 Å². The van der Waals surface area contributed by atoms with Crippen molar-refractivity contribution in [2.75, 3.05) is 0 Å². The second-order valence-electron chi connectivity index (χ2n) is 4.05. The fraction of sp³-hybridized carbons (Fsp3) is 0.600. The molecule has 0 aliphatic carbocycles. The average Bonchev–Trinajstić information content (AvgIpc) is 2.33. The van der Waals surface area contributed by atoms with Crippen LogP contribution in [-0.4, -0.2) is 23.9 Å². The molecule has 6 heteroatoms. The minimum Gasteiger partial charge on any atom is -0.393 e. The smallest absolute Gasteiger partial charge is 0.317 e. The molecule has 2 aliphatic heterocycles. The number of esters is 4. The Morgan fingerprint density at radius 2 is 1.56 bits per heavy atom. The van der Waals surface area contributed by atoms with Gasteiger partial charge in [0.2, 0.25) is 0 Å². The molecule has 2 fully saturated rings. The number of ether oxygens (including phenoxy) is 2. The molecule has 2 rings (SSSR count). The van der Waals surface area contributed by atoms with E-state index in [1.165, 1.54) is 0 Å². The van der Waals surface area contributed by atoms with Crippen molar-refractivity contribution in [1.82, 2.24) is 0 Å². The summed E-state index contributed by atoms with van der Waals surface area (Å²) in [5, 5.41) is 0. The van der Waals surface area contributed by atoms with E-state index in [1.54, 1.807) is 6.92 Å². The van der Waals surface area contributed by atoms with Gasteiger partial charge in [0.25, 0.3) is 0 Å². The van der Waals surface area contributed by atoms with Crippen LogP contribution in [0.5, 0.6) is 0 Å². The molecule has 0 spiro atoms. The van der Waals surface area contributed by atoms with Crippen molar-refractivity contribution in [1.29, 1.82) is 0 Å². The molecule has 0 aromatic heterocycles. The summed E-state index contributed by atoms with van der Waals surface area (Å²) in [6, 6.07) is 0. The molecule has 0 aromatic rings. The van der Waals surface area contributed by atoms with E-state index in [0.717, 1.165) is 0 Å². The Balaban J connectivity index is 2.31. The van der Waals surface area contributed by atoms with Gasteiger partial charge in [0.05, 0.1) is 24.7 Å². The van der Waals surface area contributed by atoms with E-state index in [4.69, 9.17) is 0 Å². The van der Waals surface area contributed by atoms with Crippen LogP contribution in [0.4, 0.5) is 0 Å². The first-order valence-corrected chi connectivity index (χ1v) is 4.98. The summed E-state index contributed by atoms with van der Waals surface area (Å²) in [6.45, 7) is 1.58. The highest BCUT2D eigenvalue weighted by Gasteiger charge is 2.47. The van der Waals surface area contributed by atoms with Crippen LogP contribution in [-0.2, 0) is 28.7 Å². The lowest BCUT2D eigenvalue weighted by atomic mass is 9.77. The summed E-state index contributed by atoms with van der Waals surface area (Å²) in [4.78, 5) is 45.1. The maximum atomic E-state index is 11.4. The van der Waals surface area contributed by atoms with Gasteiger partial charge in [-0.1, -0.05) is 6.92 Å². The van der Waals surface area contributed by atoms with Crippen LogP contribution in [0.25, 0.3) is 0 Å². The number of hydrogen-bond donors (Lipinski definition) is 0. The van der Waals surface area contributed by atoms with E-state index in [-0.39, 0.29) is 12.8 Å². The SMILES string of the molecule is C[C@H]1C(=O)OC(=O)C2CC(=O)OC(=O)CC21. The third-order valence-corrected chi connectivity index (χ3v) is 3.05. The monoisotopic (exact) mass is 226 g/mol. The Labute approximate surface area is 90.9 Å². The zero-order valence-corrected chi connectivity index (χ0v) is 8.60. The van der Waals surface area contributed by atoms with Gasteiger partial charge in [0, 0.05) is 0 Å². The first-order valence-electron chi connectivity index (χ1n) is 4.98. The molecule has 0 bridgehead atoms.